The maximum atomic E-state index is 12.1. The molecule has 5 heteroatoms. The fourth-order valence-corrected chi connectivity index (χ4v) is 2.75. The van der Waals surface area contributed by atoms with Gasteiger partial charge in [0.1, 0.15) is 0 Å². The van der Waals surface area contributed by atoms with Gasteiger partial charge in [-0.1, -0.05) is 23.7 Å². The molecule has 1 fully saturated rings. The largest absolute Gasteiger partial charge is 0.356 e. The van der Waals surface area contributed by atoms with E-state index in [0.29, 0.717) is 12.5 Å². The molecule has 1 aromatic carbocycles. The average Bonchev–Trinajstić information content (AvgIpc) is 3.16. The summed E-state index contributed by atoms with van der Waals surface area (Å²) in [5.41, 5.74) is 2.34. The first kappa shape index (κ1) is 14.1. The van der Waals surface area contributed by atoms with Crippen LogP contribution >= 0.6 is 11.6 Å². The van der Waals surface area contributed by atoms with Gasteiger partial charge in [-0.05, 0) is 42.0 Å². The number of halogens is 1. The molecule has 1 saturated carbocycles. The Balaban J connectivity index is 1.46. The van der Waals surface area contributed by atoms with E-state index in [4.69, 9.17) is 11.6 Å². The Bertz CT molecular complexity index is 635. The first-order valence-electron chi connectivity index (χ1n) is 7.14. The van der Waals surface area contributed by atoms with Crippen molar-refractivity contribution < 1.29 is 4.79 Å². The van der Waals surface area contributed by atoms with Gasteiger partial charge in [-0.3, -0.25) is 9.48 Å². The lowest BCUT2D eigenvalue weighted by atomic mass is 10.1. The van der Waals surface area contributed by atoms with E-state index >= 15 is 0 Å². The van der Waals surface area contributed by atoms with Gasteiger partial charge in [-0.15, -0.1) is 0 Å². The smallest absolute Gasteiger partial charge is 0.223 e. The molecule has 0 unspecified atom stereocenters. The molecule has 0 spiro atoms. The number of benzene rings is 1. The zero-order valence-corrected chi connectivity index (χ0v) is 12.7. The van der Waals surface area contributed by atoms with E-state index in [1.54, 1.807) is 4.68 Å². The topological polar surface area (TPSA) is 46.9 Å². The highest BCUT2D eigenvalue weighted by atomic mass is 35.5. The van der Waals surface area contributed by atoms with Crippen molar-refractivity contribution in [3.8, 4) is 0 Å². The minimum Gasteiger partial charge on any atom is -0.356 e. The van der Waals surface area contributed by atoms with E-state index in [0.717, 1.165) is 23.4 Å². The van der Waals surface area contributed by atoms with Crippen molar-refractivity contribution in [1.82, 2.24) is 15.1 Å². The lowest BCUT2D eigenvalue weighted by Gasteiger charge is -2.04. The minimum absolute atomic E-state index is 0.111. The monoisotopic (exact) mass is 303 g/mol. The maximum Gasteiger partial charge on any atom is 0.223 e. The van der Waals surface area contributed by atoms with Crippen molar-refractivity contribution in [3.05, 3.63) is 52.8 Å². The number of aromatic nitrogens is 2. The van der Waals surface area contributed by atoms with Crippen LogP contribution in [0.15, 0.2) is 36.7 Å². The summed E-state index contributed by atoms with van der Waals surface area (Å²) < 4.78 is 1.77. The number of carbonyl (C=O) groups is 1. The highest BCUT2D eigenvalue weighted by molar-refractivity contribution is 6.30. The number of amides is 1. The lowest BCUT2D eigenvalue weighted by Crippen LogP contribution is -2.27. The molecular formula is C16H18ClN3O. The summed E-state index contributed by atoms with van der Waals surface area (Å²) in [5.74, 6) is 0.611. The van der Waals surface area contributed by atoms with Crippen molar-refractivity contribution in [2.75, 3.05) is 6.54 Å². The van der Waals surface area contributed by atoms with Crippen molar-refractivity contribution >= 4 is 17.5 Å². The number of hydrogen-bond acceptors (Lipinski definition) is 2. The molecule has 0 radical (unpaired) electrons. The first-order valence-corrected chi connectivity index (χ1v) is 7.52. The summed E-state index contributed by atoms with van der Waals surface area (Å²) in [5, 5.41) is 7.86. The molecule has 4 nitrogen and oxygen atoms in total. The Morgan fingerprint density at radius 1 is 1.43 bits per heavy atom. The number of aryl methyl sites for hydroxylation is 1. The van der Waals surface area contributed by atoms with Crippen molar-refractivity contribution in [1.29, 1.82) is 0 Å². The van der Waals surface area contributed by atoms with E-state index in [9.17, 15) is 4.79 Å². The van der Waals surface area contributed by atoms with Gasteiger partial charge in [-0.2, -0.15) is 5.10 Å². The van der Waals surface area contributed by atoms with Gasteiger partial charge < -0.3 is 5.32 Å². The Kier molecular flexibility index (Phi) is 3.97. The van der Waals surface area contributed by atoms with Crippen LogP contribution in [0.5, 0.6) is 0 Å². The number of carbonyl (C=O) groups excluding carboxylic acids is 1. The van der Waals surface area contributed by atoms with Crippen LogP contribution in [0.1, 0.15) is 23.5 Å². The van der Waals surface area contributed by atoms with Gasteiger partial charge in [0.05, 0.1) is 6.20 Å². The van der Waals surface area contributed by atoms with Crippen LogP contribution < -0.4 is 5.32 Å². The quantitative estimate of drug-likeness (QED) is 0.922. The van der Waals surface area contributed by atoms with Gasteiger partial charge >= 0.3 is 0 Å². The fourth-order valence-electron chi connectivity index (χ4n) is 2.63. The Morgan fingerprint density at radius 2 is 2.19 bits per heavy atom. The summed E-state index contributed by atoms with van der Waals surface area (Å²) in [4.78, 5) is 12.1. The molecule has 1 N–H and O–H groups in total. The molecule has 3 rings (SSSR count). The van der Waals surface area contributed by atoms with Crippen molar-refractivity contribution in [3.63, 3.8) is 0 Å². The molecule has 110 valence electrons. The fraction of sp³-hybridized carbons (Fsp3) is 0.375. The van der Waals surface area contributed by atoms with Crippen LogP contribution in [-0.4, -0.2) is 22.2 Å². The molecule has 1 heterocycles. The molecule has 1 aromatic heterocycles. The minimum atomic E-state index is 0.111. The van der Waals surface area contributed by atoms with Crippen molar-refractivity contribution in [2.24, 2.45) is 13.0 Å². The van der Waals surface area contributed by atoms with E-state index < -0.39 is 0 Å². The molecule has 0 aliphatic heterocycles. The van der Waals surface area contributed by atoms with Crippen LogP contribution in [0.4, 0.5) is 0 Å². The third-order valence-electron chi connectivity index (χ3n) is 3.90. The standard InChI is InChI=1S/C16H18ClN3O/c1-20-10-11(9-19-20)6-7-18-16(21)15-8-14(15)12-2-4-13(17)5-3-12/h2-5,9-10,14-15H,6-8H2,1H3,(H,18,21)/t14-,15+/m1/s1. The number of nitrogens with zero attached hydrogens (tertiary/aromatic N) is 2. The van der Waals surface area contributed by atoms with E-state index in [1.807, 2.05) is 43.7 Å². The second-order valence-corrected chi connectivity index (χ2v) is 6.00. The summed E-state index contributed by atoms with van der Waals surface area (Å²) in [6.07, 6.45) is 5.55. The van der Waals surface area contributed by atoms with Crippen LogP contribution in [0.3, 0.4) is 0 Å². The molecule has 1 aliphatic rings. The molecule has 21 heavy (non-hydrogen) atoms. The van der Waals surface area contributed by atoms with Gasteiger partial charge in [0.25, 0.3) is 0 Å². The summed E-state index contributed by atoms with van der Waals surface area (Å²) in [6, 6.07) is 7.78. The Labute approximate surface area is 129 Å². The van der Waals surface area contributed by atoms with Gasteiger partial charge in [0.2, 0.25) is 5.91 Å². The zero-order chi connectivity index (χ0) is 14.8. The predicted octanol–water partition coefficient (Wildman–Crippen LogP) is 2.54. The average molecular weight is 304 g/mol. The normalized spacial score (nSPS) is 20.3. The van der Waals surface area contributed by atoms with Gasteiger partial charge in [-0.25, -0.2) is 0 Å². The number of rotatable bonds is 5. The van der Waals surface area contributed by atoms with E-state index in [-0.39, 0.29) is 11.8 Å². The van der Waals surface area contributed by atoms with Crippen LogP contribution in [0.25, 0.3) is 0 Å². The van der Waals surface area contributed by atoms with Crippen molar-refractivity contribution in [2.45, 2.75) is 18.8 Å². The summed E-state index contributed by atoms with van der Waals surface area (Å²) in [7, 11) is 1.89. The summed E-state index contributed by atoms with van der Waals surface area (Å²) in [6.45, 7) is 0.661. The van der Waals surface area contributed by atoms with E-state index in [1.165, 1.54) is 5.56 Å². The highest BCUT2D eigenvalue weighted by Crippen LogP contribution is 2.47. The first-order chi connectivity index (χ1) is 10.1. The predicted molar refractivity (Wildman–Crippen MR) is 82.2 cm³/mol. The molecule has 1 aliphatic carbocycles. The number of hydrogen-bond donors (Lipinski definition) is 1. The highest BCUT2D eigenvalue weighted by Gasteiger charge is 2.43. The Hall–Kier alpha value is -1.81. The molecule has 0 bridgehead atoms. The second kappa shape index (κ2) is 5.90. The lowest BCUT2D eigenvalue weighted by molar-refractivity contribution is -0.122. The Morgan fingerprint density at radius 3 is 2.86 bits per heavy atom. The number of nitrogens with one attached hydrogen (secondary N) is 1. The third-order valence-corrected chi connectivity index (χ3v) is 4.15. The molecular weight excluding hydrogens is 286 g/mol. The second-order valence-electron chi connectivity index (χ2n) is 5.56. The molecule has 2 atom stereocenters. The molecule has 0 saturated heterocycles. The van der Waals surface area contributed by atoms with Gasteiger partial charge in [0.15, 0.2) is 0 Å². The van der Waals surface area contributed by atoms with Crippen LogP contribution in [0, 0.1) is 5.92 Å². The zero-order valence-electron chi connectivity index (χ0n) is 11.9. The SMILES string of the molecule is Cn1cc(CCNC(=O)[C@H]2C[C@@H]2c2ccc(Cl)cc2)cn1. The van der Waals surface area contributed by atoms with Crippen LogP contribution in [-0.2, 0) is 18.3 Å². The van der Waals surface area contributed by atoms with Crippen LogP contribution in [0.2, 0.25) is 5.02 Å². The summed E-state index contributed by atoms with van der Waals surface area (Å²) >= 11 is 5.88. The van der Waals surface area contributed by atoms with Gasteiger partial charge in [0, 0.05) is 30.7 Å². The van der Waals surface area contributed by atoms with E-state index in [2.05, 4.69) is 10.4 Å². The molecule has 1 amide bonds. The maximum absolute atomic E-state index is 12.1. The molecule has 2 aromatic rings. The third kappa shape index (κ3) is 3.45.